The Kier molecular flexibility index (Phi) is 4.06. The highest BCUT2D eigenvalue weighted by Crippen LogP contribution is 2.29. The van der Waals surface area contributed by atoms with Crippen LogP contribution in [0.5, 0.6) is 5.75 Å². The molecule has 0 bridgehead atoms. The molecule has 0 spiro atoms. The molecule has 0 atom stereocenters. The summed E-state index contributed by atoms with van der Waals surface area (Å²) in [5, 5.41) is 3.83. The number of methoxy groups -OCH3 is 1. The summed E-state index contributed by atoms with van der Waals surface area (Å²) in [5.41, 5.74) is 3.42. The molecule has 0 aliphatic rings. The largest absolute Gasteiger partial charge is 0.495 e. The van der Waals surface area contributed by atoms with Gasteiger partial charge in [0.15, 0.2) is 5.76 Å². The second-order valence-corrected chi connectivity index (χ2v) is 5.39. The van der Waals surface area contributed by atoms with E-state index in [1.165, 1.54) is 5.56 Å². The summed E-state index contributed by atoms with van der Waals surface area (Å²) in [6, 6.07) is 13.3. The first kappa shape index (κ1) is 15.2. The maximum Gasteiger partial charge on any atom is 0.291 e. The first-order valence-corrected chi connectivity index (χ1v) is 7.60. The van der Waals surface area contributed by atoms with E-state index in [0.717, 1.165) is 23.0 Å². The van der Waals surface area contributed by atoms with Crippen LogP contribution in [0.4, 0.5) is 5.69 Å². The normalized spacial score (nSPS) is 10.7. The van der Waals surface area contributed by atoms with Crippen LogP contribution < -0.4 is 10.1 Å². The molecule has 3 aromatic rings. The van der Waals surface area contributed by atoms with Crippen molar-refractivity contribution in [1.29, 1.82) is 0 Å². The van der Waals surface area contributed by atoms with Gasteiger partial charge in [0.2, 0.25) is 0 Å². The number of hydrogen-bond acceptors (Lipinski definition) is 3. The minimum absolute atomic E-state index is 0.277. The molecule has 0 saturated heterocycles. The molecule has 4 nitrogen and oxygen atoms in total. The van der Waals surface area contributed by atoms with Gasteiger partial charge < -0.3 is 14.5 Å². The number of ether oxygens (including phenoxy) is 1. The number of carbonyl (C=O) groups excluding carboxylic acids is 1. The van der Waals surface area contributed by atoms with E-state index in [-0.39, 0.29) is 5.91 Å². The Bertz CT molecular complexity index is 864. The monoisotopic (exact) mass is 309 g/mol. The van der Waals surface area contributed by atoms with Crippen LogP contribution in [-0.2, 0) is 6.42 Å². The zero-order chi connectivity index (χ0) is 16.4. The van der Waals surface area contributed by atoms with Crippen molar-refractivity contribution in [3.05, 3.63) is 59.4 Å². The van der Waals surface area contributed by atoms with Crippen LogP contribution in [0.2, 0.25) is 0 Å². The molecule has 0 saturated carbocycles. The molecule has 23 heavy (non-hydrogen) atoms. The third-order valence-corrected chi connectivity index (χ3v) is 3.97. The van der Waals surface area contributed by atoms with E-state index in [1.54, 1.807) is 19.2 Å². The number of nitrogens with one attached hydrogen (secondary N) is 1. The lowest BCUT2D eigenvalue weighted by atomic mass is 10.1. The Labute approximate surface area is 135 Å². The molecule has 0 aliphatic carbocycles. The number of anilines is 1. The number of amides is 1. The lowest BCUT2D eigenvalue weighted by Gasteiger charge is -2.08. The molecule has 0 radical (unpaired) electrons. The topological polar surface area (TPSA) is 51.5 Å². The number of rotatable bonds is 4. The second kappa shape index (κ2) is 6.16. The average molecular weight is 309 g/mol. The fourth-order valence-corrected chi connectivity index (χ4v) is 2.63. The molecule has 1 amide bonds. The number of hydrogen-bond donors (Lipinski definition) is 1. The number of aryl methyl sites for hydroxylation is 2. The number of para-hydroxylation sites is 2. The van der Waals surface area contributed by atoms with Crippen molar-refractivity contribution in [3.63, 3.8) is 0 Å². The maximum absolute atomic E-state index is 12.6. The van der Waals surface area contributed by atoms with Gasteiger partial charge in [0, 0.05) is 10.9 Å². The summed E-state index contributed by atoms with van der Waals surface area (Å²) in [6.07, 6.45) is 0.948. The zero-order valence-corrected chi connectivity index (χ0v) is 13.5. The first-order valence-electron chi connectivity index (χ1n) is 7.60. The molecule has 118 valence electrons. The van der Waals surface area contributed by atoms with Gasteiger partial charge in [0.25, 0.3) is 5.91 Å². The highest BCUT2D eigenvalue weighted by atomic mass is 16.5. The number of benzene rings is 2. The molecule has 4 heteroatoms. The van der Waals surface area contributed by atoms with E-state index in [0.29, 0.717) is 17.2 Å². The van der Waals surface area contributed by atoms with Crippen LogP contribution in [0.1, 0.15) is 28.6 Å². The number of furan rings is 1. The Hall–Kier alpha value is -2.75. The molecule has 3 rings (SSSR count). The molecule has 1 N–H and O–H groups in total. The van der Waals surface area contributed by atoms with Crippen LogP contribution in [0.15, 0.2) is 46.9 Å². The van der Waals surface area contributed by atoms with Crippen molar-refractivity contribution >= 4 is 22.6 Å². The van der Waals surface area contributed by atoms with E-state index >= 15 is 0 Å². The van der Waals surface area contributed by atoms with E-state index < -0.39 is 0 Å². The number of carbonyl (C=O) groups is 1. The molecule has 1 heterocycles. The van der Waals surface area contributed by atoms with Gasteiger partial charge in [-0.15, -0.1) is 0 Å². The fraction of sp³-hybridized carbons (Fsp3) is 0.211. The maximum atomic E-state index is 12.6. The van der Waals surface area contributed by atoms with E-state index in [4.69, 9.17) is 9.15 Å². The van der Waals surface area contributed by atoms with Crippen molar-refractivity contribution < 1.29 is 13.9 Å². The van der Waals surface area contributed by atoms with Crippen LogP contribution in [0, 0.1) is 6.92 Å². The highest BCUT2D eigenvalue weighted by Gasteiger charge is 2.19. The van der Waals surface area contributed by atoms with Gasteiger partial charge in [-0.05, 0) is 43.2 Å². The molecule has 2 aromatic carbocycles. The Morgan fingerprint density at radius 3 is 2.74 bits per heavy atom. The summed E-state index contributed by atoms with van der Waals surface area (Å²) >= 11 is 0. The van der Waals surface area contributed by atoms with E-state index in [1.807, 2.05) is 31.2 Å². The Morgan fingerprint density at radius 2 is 2.00 bits per heavy atom. The predicted molar refractivity (Wildman–Crippen MR) is 91.3 cm³/mol. The summed E-state index contributed by atoms with van der Waals surface area (Å²) in [6.45, 7) is 4.01. The molecule has 0 aliphatic heterocycles. The van der Waals surface area contributed by atoms with Crippen LogP contribution in [-0.4, -0.2) is 13.0 Å². The highest BCUT2D eigenvalue weighted by molar-refractivity contribution is 6.07. The van der Waals surface area contributed by atoms with Crippen LogP contribution in [0.25, 0.3) is 11.0 Å². The Morgan fingerprint density at radius 1 is 1.22 bits per heavy atom. The lowest BCUT2D eigenvalue weighted by Crippen LogP contribution is -2.12. The van der Waals surface area contributed by atoms with Crippen molar-refractivity contribution in [3.8, 4) is 5.75 Å². The molecule has 0 fully saturated rings. The van der Waals surface area contributed by atoms with E-state index in [9.17, 15) is 4.79 Å². The van der Waals surface area contributed by atoms with Gasteiger partial charge in [0.05, 0.1) is 12.8 Å². The standard InChI is InChI=1S/C19H19NO3/c1-4-13-9-10-16-14(11-13)12(2)18(23-16)19(21)20-15-7-5-6-8-17(15)22-3/h5-11H,4H2,1-3H3,(H,20,21). The molecule has 0 unspecified atom stereocenters. The third kappa shape index (κ3) is 2.80. The lowest BCUT2D eigenvalue weighted by molar-refractivity contribution is 0.0997. The zero-order valence-electron chi connectivity index (χ0n) is 13.5. The minimum Gasteiger partial charge on any atom is -0.495 e. The molecular weight excluding hydrogens is 290 g/mol. The van der Waals surface area contributed by atoms with Gasteiger partial charge in [-0.3, -0.25) is 4.79 Å². The van der Waals surface area contributed by atoms with Gasteiger partial charge in [-0.2, -0.15) is 0 Å². The average Bonchev–Trinajstić information content (AvgIpc) is 2.91. The summed E-state index contributed by atoms with van der Waals surface area (Å²) in [4.78, 5) is 12.6. The van der Waals surface area contributed by atoms with Crippen LogP contribution in [0.3, 0.4) is 0 Å². The summed E-state index contributed by atoms with van der Waals surface area (Å²) in [7, 11) is 1.57. The molecule has 1 aromatic heterocycles. The fourth-order valence-electron chi connectivity index (χ4n) is 2.63. The SMILES string of the molecule is CCc1ccc2oc(C(=O)Nc3ccccc3OC)c(C)c2c1. The van der Waals surface area contributed by atoms with Crippen molar-refractivity contribution in [2.45, 2.75) is 20.3 Å². The predicted octanol–water partition coefficient (Wildman–Crippen LogP) is 4.56. The first-order chi connectivity index (χ1) is 11.1. The van der Waals surface area contributed by atoms with Crippen molar-refractivity contribution in [1.82, 2.24) is 0 Å². The van der Waals surface area contributed by atoms with Gasteiger partial charge >= 0.3 is 0 Å². The second-order valence-electron chi connectivity index (χ2n) is 5.39. The summed E-state index contributed by atoms with van der Waals surface area (Å²) in [5.74, 6) is 0.670. The summed E-state index contributed by atoms with van der Waals surface area (Å²) < 4.78 is 11.0. The van der Waals surface area contributed by atoms with Crippen molar-refractivity contribution in [2.24, 2.45) is 0 Å². The van der Waals surface area contributed by atoms with Gasteiger partial charge in [0.1, 0.15) is 11.3 Å². The Balaban J connectivity index is 1.96. The smallest absolute Gasteiger partial charge is 0.291 e. The quantitative estimate of drug-likeness (QED) is 0.768. The van der Waals surface area contributed by atoms with Crippen LogP contribution >= 0.6 is 0 Å². The van der Waals surface area contributed by atoms with Gasteiger partial charge in [-0.1, -0.05) is 25.1 Å². The third-order valence-electron chi connectivity index (χ3n) is 3.97. The van der Waals surface area contributed by atoms with Crippen molar-refractivity contribution in [2.75, 3.05) is 12.4 Å². The van der Waals surface area contributed by atoms with Gasteiger partial charge in [-0.25, -0.2) is 0 Å². The van der Waals surface area contributed by atoms with E-state index in [2.05, 4.69) is 18.3 Å². The minimum atomic E-state index is -0.277. The number of fused-ring (bicyclic) bond motifs is 1. The molecular formula is C19H19NO3.